The minimum Gasteiger partial charge on any atom is -0.444 e. The average Bonchev–Trinajstić information content (AvgIpc) is 2.56. The third kappa shape index (κ3) is 9.51. The van der Waals surface area contributed by atoms with Gasteiger partial charge in [-0.25, -0.2) is 9.59 Å². The lowest BCUT2D eigenvalue weighted by atomic mass is 10.1. The van der Waals surface area contributed by atoms with Gasteiger partial charge in [-0.05, 0) is 69.2 Å². The number of rotatable bonds is 0. The van der Waals surface area contributed by atoms with Crippen LogP contribution in [0.2, 0.25) is 0 Å². The first-order valence-corrected chi connectivity index (χ1v) is 11.0. The fraction of sp³-hybridized carbons (Fsp3) is 0.909. The summed E-state index contributed by atoms with van der Waals surface area (Å²) in [6.45, 7) is 22.7. The monoisotopic (exact) mass is 428 g/mol. The van der Waals surface area contributed by atoms with E-state index < -0.39 is 11.2 Å². The highest BCUT2D eigenvalue weighted by Gasteiger charge is 2.31. The van der Waals surface area contributed by atoms with E-state index in [-0.39, 0.29) is 24.3 Å². The van der Waals surface area contributed by atoms with E-state index in [9.17, 15) is 9.59 Å². The lowest BCUT2D eigenvalue weighted by molar-refractivity contribution is 0.00946. The van der Waals surface area contributed by atoms with Crippen LogP contribution in [0.1, 0.15) is 69.2 Å². The van der Waals surface area contributed by atoms with E-state index in [1.165, 1.54) is 0 Å². The highest BCUT2D eigenvalue weighted by molar-refractivity contribution is 5.69. The lowest BCUT2D eigenvalue weighted by Crippen LogP contribution is -2.57. The van der Waals surface area contributed by atoms with Crippen LogP contribution >= 0.6 is 0 Å². The fourth-order valence-corrected chi connectivity index (χ4v) is 3.19. The molecule has 0 radical (unpaired) electrons. The van der Waals surface area contributed by atoms with Gasteiger partial charge in [0.1, 0.15) is 11.2 Å². The van der Waals surface area contributed by atoms with E-state index in [0.717, 1.165) is 26.2 Å². The van der Waals surface area contributed by atoms with Gasteiger partial charge in [-0.15, -0.1) is 0 Å². The first kappa shape index (κ1) is 26.5. The minimum atomic E-state index is -0.412. The Kier molecular flexibility index (Phi) is 9.42. The SMILES string of the molecule is CC1CN(C(=O)OC(C)(C)C)C(C)CN1.C[C@@H]1CN(C(=O)OC(C)(C)C)[C@@H](C)CN1. The van der Waals surface area contributed by atoms with Crippen LogP contribution in [0.4, 0.5) is 9.59 Å². The molecule has 8 nitrogen and oxygen atoms in total. The fourth-order valence-electron chi connectivity index (χ4n) is 3.19. The number of piperazine rings is 2. The molecule has 0 spiro atoms. The number of amides is 2. The summed E-state index contributed by atoms with van der Waals surface area (Å²) in [6.07, 6.45) is -0.410. The molecule has 4 atom stereocenters. The quantitative estimate of drug-likeness (QED) is 0.616. The third-order valence-electron chi connectivity index (χ3n) is 4.78. The Morgan fingerprint density at radius 3 is 1.27 bits per heavy atom. The van der Waals surface area contributed by atoms with E-state index in [2.05, 4.69) is 24.5 Å². The van der Waals surface area contributed by atoms with E-state index in [0.29, 0.717) is 12.1 Å². The van der Waals surface area contributed by atoms with Gasteiger partial charge in [0.05, 0.1) is 0 Å². The normalized spacial score (nSPS) is 27.7. The van der Waals surface area contributed by atoms with E-state index in [1.54, 1.807) is 9.80 Å². The van der Waals surface area contributed by atoms with Gasteiger partial charge < -0.3 is 29.9 Å². The van der Waals surface area contributed by atoms with E-state index >= 15 is 0 Å². The predicted molar refractivity (Wildman–Crippen MR) is 120 cm³/mol. The van der Waals surface area contributed by atoms with E-state index in [1.807, 2.05) is 55.4 Å². The van der Waals surface area contributed by atoms with Crippen molar-refractivity contribution in [1.82, 2.24) is 20.4 Å². The van der Waals surface area contributed by atoms with Crippen molar-refractivity contribution < 1.29 is 19.1 Å². The molecule has 2 N–H and O–H groups in total. The summed E-state index contributed by atoms with van der Waals surface area (Å²) in [6, 6.07) is 1.09. The average molecular weight is 429 g/mol. The first-order valence-electron chi connectivity index (χ1n) is 11.0. The molecule has 2 amide bonds. The van der Waals surface area contributed by atoms with Crippen LogP contribution < -0.4 is 10.6 Å². The lowest BCUT2D eigenvalue weighted by Gasteiger charge is -2.38. The number of hydrogen-bond acceptors (Lipinski definition) is 6. The molecule has 0 aromatic heterocycles. The summed E-state index contributed by atoms with van der Waals surface area (Å²) in [4.78, 5) is 27.3. The van der Waals surface area contributed by atoms with Crippen molar-refractivity contribution in [1.29, 1.82) is 0 Å². The summed E-state index contributed by atoms with van der Waals surface area (Å²) in [7, 11) is 0. The zero-order chi connectivity index (χ0) is 23.3. The van der Waals surface area contributed by atoms with Crippen molar-refractivity contribution in [3.8, 4) is 0 Å². The number of ether oxygens (including phenoxy) is 2. The van der Waals surface area contributed by atoms with Crippen LogP contribution in [0.25, 0.3) is 0 Å². The molecular formula is C22H44N4O4. The minimum absolute atomic E-state index is 0.205. The number of nitrogens with one attached hydrogen (secondary N) is 2. The van der Waals surface area contributed by atoms with Gasteiger partial charge in [0.15, 0.2) is 0 Å². The molecule has 0 aromatic rings. The van der Waals surface area contributed by atoms with Gasteiger partial charge in [-0.3, -0.25) is 0 Å². The number of hydrogen-bond donors (Lipinski definition) is 2. The van der Waals surface area contributed by atoms with Crippen molar-refractivity contribution >= 4 is 12.2 Å². The Labute approximate surface area is 183 Å². The molecule has 0 saturated carbocycles. The zero-order valence-corrected chi connectivity index (χ0v) is 20.7. The van der Waals surface area contributed by atoms with Crippen molar-refractivity contribution in [2.24, 2.45) is 0 Å². The highest BCUT2D eigenvalue weighted by atomic mass is 16.6. The van der Waals surface area contributed by atoms with Crippen LogP contribution in [0, 0.1) is 0 Å². The number of carbonyl (C=O) groups is 2. The Hall–Kier alpha value is -1.54. The smallest absolute Gasteiger partial charge is 0.410 e. The Bertz CT molecular complexity index is 520. The maximum absolute atomic E-state index is 11.8. The Morgan fingerprint density at radius 2 is 1.00 bits per heavy atom. The zero-order valence-electron chi connectivity index (χ0n) is 20.7. The number of carbonyl (C=O) groups excluding carboxylic acids is 2. The van der Waals surface area contributed by atoms with Crippen molar-refractivity contribution in [2.45, 2.75) is 105 Å². The van der Waals surface area contributed by atoms with Crippen molar-refractivity contribution in [3.05, 3.63) is 0 Å². The Balaban J connectivity index is 0.000000300. The van der Waals surface area contributed by atoms with Crippen LogP contribution in [0.3, 0.4) is 0 Å². The standard InChI is InChI=1S/2C11H22N2O2/c2*1-8-7-13(9(2)6-12-8)10(14)15-11(3,4)5/h2*8-9,12H,6-7H2,1-5H3/t8-,9+;/m1./s1. The highest BCUT2D eigenvalue weighted by Crippen LogP contribution is 2.15. The second-order valence-electron chi connectivity index (χ2n) is 10.6. The molecule has 2 aliphatic heterocycles. The van der Waals surface area contributed by atoms with Gasteiger partial charge in [0.25, 0.3) is 0 Å². The second-order valence-corrected chi connectivity index (χ2v) is 10.6. The molecule has 0 aliphatic carbocycles. The topological polar surface area (TPSA) is 83.1 Å². The summed E-state index contributed by atoms with van der Waals surface area (Å²) in [5.41, 5.74) is -0.824. The molecule has 2 saturated heterocycles. The van der Waals surface area contributed by atoms with Crippen LogP contribution in [-0.4, -0.2) is 83.5 Å². The molecule has 0 aromatic carbocycles. The molecule has 30 heavy (non-hydrogen) atoms. The summed E-state index contributed by atoms with van der Waals surface area (Å²) < 4.78 is 10.7. The largest absolute Gasteiger partial charge is 0.444 e. The molecule has 2 heterocycles. The van der Waals surface area contributed by atoms with Crippen molar-refractivity contribution in [2.75, 3.05) is 26.2 Å². The van der Waals surface area contributed by atoms with E-state index in [4.69, 9.17) is 9.47 Å². The maximum atomic E-state index is 11.8. The van der Waals surface area contributed by atoms with Gasteiger partial charge in [0, 0.05) is 50.3 Å². The summed E-state index contributed by atoms with van der Waals surface area (Å²) in [5.74, 6) is 0. The molecule has 8 heteroatoms. The number of nitrogens with zero attached hydrogens (tertiary/aromatic N) is 2. The summed E-state index contributed by atoms with van der Waals surface area (Å²) in [5, 5.41) is 6.66. The van der Waals surface area contributed by atoms with Crippen LogP contribution in [0.5, 0.6) is 0 Å². The predicted octanol–water partition coefficient (Wildman–Crippen LogP) is 3.21. The van der Waals surface area contributed by atoms with Gasteiger partial charge in [-0.1, -0.05) is 0 Å². The molecule has 2 aliphatic rings. The van der Waals surface area contributed by atoms with Gasteiger partial charge in [0.2, 0.25) is 0 Å². The molecular weight excluding hydrogens is 384 g/mol. The molecule has 2 rings (SSSR count). The molecule has 0 bridgehead atoms. The van der Waals surface area contributed by atoms with Gasteiger partial charge in [-0.2, -0.15) is 0 Å². The first-order chi connectivity index (χ1) is 13.6. The molecule has 2 unspecified atom stereocenters. The molecule has 2 fully saturated rings. The van der Waals surface area contributed by atoms with Crippen molar-refractivity contribution in [3.63, 3.8) is 0 Å². The molecule has 176 valence electrons. The van der Waals surface area contributed by atoms with Gasteiger partial charge >= 0.3 is 12.2 Å². The maximum Gasteiger partial charge on any atom is 0.410 e. The van der Waals surface area contributed by atoms with Crippen LogP contribution in [-0.2, 0) is 9.47 Å². The second kappa shape index (κ2) is 10.7. The van der Waals surface area contributed by atoms with Crippen LogP contribution in [0.15, 0.2) is 0 Å². The summed E-state index contributed by atoms with van der Waals surface area (Å²) >= 11 is 0. The Morgan fingerprint density at radius 1 is 0.700 bits per heavy atom. The third-order valence-corrected chi connectivity index (χ3v) is 4.78.